The van der Waals surface area contributed by atoms with E-state index in [1.807, 2.05) is 32.9 Å². The third-order valence-corrected chi connectivity index (χ3v) is 5.89. The summed E-state index contributed by atoms with van der Waals surface area (Å²) < 4.78 is 0. The lowest BCUT2D eigenvalue weighted by molar-refractivity contribution is -0.135. The van der Waals surface area contributed by atoms with Crippen LogP contribution >= 0.6 is 0 Å². The first-order chi connectivity index (χ1) is 14.2. The summed E-state index contributed by atoms with van der Waals surface area (Å²) in [5.74, 6) is -1.24. The number of nitrogens with zero attached hydrogens (tertiary/aromatic N) is 1. The molecule has 5 amide bonds. The first kappa shape index (κ1) is 21.8. The van der Waals surface area contributed by atoms with Gasteiger partial charge in [-0.3, -0.25) is 19.3 Å². The van der Waals surface area contributed by atoms with Crippen LogP contribution in [0.1, 0.15) is 55.2 Å². The maximum absolute atomic E-state index is 12.8. The Morgan fingerprint density at radius 2 is 1.60 bits per heavy atom. The Hall–Kier alpha value is -2.90. The van der Waals surface area contributed by atoms with Gasteiger partial charge in [0.2, 0.25) is 11.8 Å². The molecule has 0 atom stereocenters. The molecule has 0 unspecified atom stereocenters. The molecule has 1 aromatic rings. The molecule has 3 rings (SSSR count). The summed E-state index contributed by atoms with van der Waals surface area (Å²) in [5.41, 5.74) is 2.85. The SMILES string of the molecule is Cc1cc(C)c(NC(=O)CNC(=O)CN2C(=O)NC3(CCCCCC3)C2=O)c(C)c1. The number of amides is 5. The summed E-state index contributed by atoms with van der Waals surface area (Å²) >= 11 is 0. The highest BCUT2D eigenvalue weighted by Gasteiger charge is 2.51. The van der Waals surface area contributed by atoms with Crippen LogP contribution in [0, 0.1) is 20.8 Å². The Labute approximate surface area is 176 Å². The molecule has 0 bridgehead atoms. The normalized spacial score (nSPS) is 18.2. The lowest BCUT2D eigenvalue weighted by Crippen LogP contribution is -2.47. The molecule has 1 heterocycles. The number of rotatable bonds is 5. The second-order valence-corrected chi connectivity index (χ2v) is 8.42. The predicted octanol–water partition coefficient (Wildman–Crippen LogP) is 2.31. The number of nitrogens with one attached hydrogen (secondary N) is 3. The fraction of sp³-hybridized carbons (Fsp3) is 0.545. The van der Waals surface area contributed by atoms with E-state index < -0.39 is 17.5 Å². The molecule has 162 valence electrons. The Morgan fingerprint density at radius 1 is 1.00 bits per heavy atom. The average molecular weight is 415 g/mol. The van der Waals surface area contributed by atoms with E-state index in [1.54, 1.807) is 0 Å². The van der Waals surface area contributed by atoms with E-state index in [4.69, 9.17) is 0 Å². The van der Waals surface area contributed by atoms with Gasteiger partial charge in [-0.15, -0.1) is 0 Å². The molecule has 1 spiro atoms. The summed E-state index contributed by atoms with van der Waals surface area (Å²) in [4.78, 5) is 50.7. The van der Waals surface area contributed by atoms with E-state index in [0.29, 0.717) is 12.8 Å². The highest BCUT2D eigenvalue weighted by atomic mass is 16.2. The third kappa shape index (κ3) is 4.63. The molecule has 1 aliphatic carbocycles. The summed E-state index contributed by atoms with van der Waals surface area (Å²) in [7, 11) is 0. The summed E-state index contributed by atoms with van der Waals surface area (Å²) in [6.07, 6.45) is 5.05. The monoisotopic (exact) mass is 414 g/mol. The van der Waals surface area contributed by atoms with Crippen molar-refractivity contribution in [1.82, 2.24) is 15.5 Å². The number of hydrogen-bond donors (Lipinski definition) is 3. The number of benzene rings is 1. The molecule has 2 fully saturated rings. The highest BCUT2D eigenvalue weighted by Crippen LogP contribution is 2.32. The molecular formula is C22H30N4O4. The number of carbonyl (C=O) groups excluding carboxylic acids is 4. The second-order valence-electron chi connectivity index (χ2n) is 8.42. The van der Waals surface area contributed by atoms with Crippen molar-refractivity contribution in [1.29, 1.82) is 0 Å². The minimum Gasteiger partial charge on any atom is -0.345 e. The average Bonchev–Trinajstić information content (AvgIpc) is 2.83. The summed E-state index contributed by atoms with van der Waals surface area (Å²) in [5, 5.41) is 8.12. The van der Waals surface area contributed by atoms with Crippen LogP contribution in [0.3, 0.4) is 0 Å². The van der Waals surface area contributed by atoms with Gasteiger partial charge in [0, 0.05) is 5.69 Å². The first-order valence-electron chi connectivity index (χ1n) is 10.5. The molecule has 0 radical (unpaired) electrons. The van der Waals surface area contributed by atoms with Crippen LogP contribution in [0.5, 0.6) is 0 Å². The van der Waals surface area contributed by atoms with Crippen molar-refractivity contribution in [3.8, 4) is 0 Å². The zero-order valence-electron chi connectivity index (χ0n) is 17.9. The molecule has 0 aromatic heterocycles. The lowest BCUT2D eigenvalue weighted by Gasteiger charge is -2.24. The molecule has 30 heavy (non-hydrogen) atoms. The minimum absolute atomic E-state index is 0.236. The van der Waals surface area contributed by atoms with Gasteiger partial charge >= 0.3 is 6.03 Å². The van der Waals surface area contributed by atoms with Crippen LogP contribution in [0.25, 0.3) is 0 Å². The fourth-order valence-electron chi connectivity index (χ4n) is 4.43. The van der Waals surface area contributed by atoms with Crippen LogP contribution in [0.15, 0.2) is 12.1 Å². The molecule has 8 heteroatoms. The number of aryl methyl sites for hydroxylation is 3. The standard InChI is InChI=1S/C22H30N4O4/c1-14-10-15(2)19(16(3)11-14)24-17(27)12-23-18(28)13-26-20(29)22(25-21(26)30)8-6-4-5-7-9-22/h10-11H,4-9,12-13H2,1-3H3,(H,23,28)(H,24,27)(H,25,30). The summed E-state index contributed by atoms with van der Waals surface area (Å²) in [6, 6.07) is 3.41. The molecule has 1 saturated carbocycles. The van der Waals surface area contributed by atoms with Crippen molar-refractivity contribution in [2.45, 2.75) is 64.8 Å². The van der Waals surface area contributed by atoms with Crippen LogP contribution in [-0.4, -0.2) is 47.3 Å². The van der Waals surface area contributed by atoms with Crippen LogP contribution in [0.4, 0.5) is 10.5 Å². The van der Waals surface area contributed by atoms with Crippen molar-refractivity contribution >= 4 is 29.4 Å². The van der Waals surface area contributed by atoms with Crippen LogP contribution in [-0.2, 0) is 14.4 Å². The van der Waals surface area contributed by atoms with Crippen LogP contribution in [0.2, 0.25) is 0 Å². The lowest BCUT2D eigenvalue weighted by atomic mass is 9.90. The Bertz CT molecular complexity index is 849. The fourth-order valence-corrected chi connectivity index (χ4v) is 4.43. The number of urea groups is 1. The number of hydrogen-bond acceptors (Lipinski definition) is 4. The predicted molar refractivity (Wildman–Crippen MR) is 113 cm³/mol. The van der Waals surface area contributed by atoms with Gasteiger partial charge in [-0.05, 0) is 44.7 Å². The molecule has 1 saturated heterocycles. The van der Waals surface area contributed by atoms with E-state index in [1.165, 1.54) is 0 Å². The van der Waals surface area contributed by atoms with E-state index in [-0.39, 0.29) is 24.9 Å². The zero-order valence-corrected chi connectivity index (χ0v) is 17.9. The molecule has 1 aliphatic heterocycles. The maximum Gasteiger partial charge on any atom is 0.325 e. The first-order valence-corrected chi connectivity index (χ1v) is 10.5. The Balaban J connectivity index is 1.54. The summed E-state index contributed by atoms with van der Waals surface area (Å²) in [6.45, 7) is 5.19. The van der Waals surface area contributed by atoms with E-state index in [9.17, 15) is 19.2 Å². The maximum atomic E-state index is 12.8. The van der Waals surface area contributed by atoms with E-state index in [2.05, 4.69) is 16.0 Å². The zero-order chi connectivity index (χ0) is 21.9. The van der Waals surface area contributed by atoms with Gasteiger partial charge in [0.15, 0.2) is 0 Å². The molecule has 2 aliphatic rings. The Kier molecular flexibility index (Phi) is 6.43. The number of carbonyl (C=O) groups is 4. The van der Waals surface area contributed by atoms with Gasteiger partial charge in [-0.25, -0.2) is 4.79 Å². The van der Waals surface area contributed by atoms with Gasteiger partial charge in [0.1, 0.15) is 12.1 Å². The topological polar surface area (TPSA) is 108 Å². The van der Waals surface area contributed by atoms with Crippen molar-refractivity contribution in [2.24, 2.45) is 0 Å². The van der Waals surface area contributed by atoms with Gasteiger partial charge in [0.05, 0.1) is 6.54 Å². The van der Waals surface area contributed by atoms with Gasteiger partial charge < -0.3 is 16.0 Å². The van der Waals surface area contributed by atoms with Crippen molar-refractivity contribution in [2.75, 3.05) is 18.4 Å². The van der Waals surface area contributed by atoms with Gasteiger partial charge in [-0.2, -0.15) is 0 Å². The molecule has 1 aromatic carbocycles. The quantitative estimate of drug-likeness (QED) is 0.643. The highest BCUT2D eigenvalue weighted by molar-refractivity contribution is 6.09. The van der Waals surface area contributed by atoms with Crippen molar-refractivity contribution in [3.63, 3.8) is 0 Å². The van der Waals surface area contributed by atoms with E-state index in [0.717, 1.165) is 53.0 Å². The smallest absolute Gasteiger partial charge is 0.325 e. The van der Waals surface area contributed by atoms with Crippen molar-refractivity contribution < 1.29 is 19.2 Å². The molecule has 8 nitrogen and oxygen atoms in total. The second kappa shape index (κ2) is 8.85. The number of imide groups is 1. The van der Waals surface area contributed by atoms with Crippen LogP contribution < -0.4 is 16.0 Å². The minimum atomic E-state index is -0.869. The molecule has 3 N–H and O–H groups in total. The Morgan fingerprint density at radius 3 is 2.20 bits per heavy atom. The van der Waals surface area contributed by atoms with Gasteiger partial charge in [-0.1, -0.05) is 43.4 Å². The largest absolute Gasteiger partial charge is 0.345 e. The van der Waals surface area contributed by atoms with Crippen molar-refractivity contribution in [3.05, 3.63) is 28.8 Å². The van der Waals surface area contributed by atoms with Gasteiger partial charge in [0.25, 0.3) is 5.91 Å². The van der Waals surface area contributed by atoms with E-state index >= 15 is 0 Å². The number of anilines is 1. The molecular weight excluding hydrogens is 384 g/mol. The third-order valence-electron chi connectivity index (χ3n) is 5.89.